The van der Waals surface area contributed by atoms with E-state index in [1.165, 1.54) is 41.5 Å². The van der Waals surface area contributed by atoms with Crippen molar-refractivity contribution < 1.29 is 29.3 Å². The van der Waals surface area contributed by atoms with E-state index in [1.807, 2.05) is 12.1 Å². The average molecular weight is 1150 g/mol. The van der Waals surface area contributed by atoms with Gasteiger partial charge in [0.05, 0.1) is 23.3 Å². The Morgan fingerprint density at radius 2 is 1.68 bits per heavy atom. The van der Waals surface area contributed by atoms with E-state index in [1.54, 1.807) is 6.07 Å². The fourth-order valence-corrected chi connectivity index (χ4v) is 18.3. The number of esters is 2. The number of aliphatic hydroxyl groups excluding tert-OH is 1. The summed E-state index contributed by atoms with van der Waals surface area (Å²) < 4.78 is 13.5. The molecule has 1 spiro atoms. The SMILES string of the molecule is CCCNCc1cc2cc(c1)[C@@H](NC[C@H](O)C1CCCCC1)[C@H]1CC[C@]([C@@H]3CCN[C@H](NC)C3)(C/C=C3\OC(=O)C4=C3CC[C@H]3[C@H]5CC[C@]6(C(=C5c5cc(O)ccc5-c5cccc(c5)CNCC2)C(=O)O/C6=C\[C@H](CC)Cc2ccccc2)[C@@H]43)C1. The van der Waals surface area contributed by atoms with Gasteiger partial charge in [0.2, 0.25) is 0 Å². The summed E-state index contributed by atoms with van der Waals surface area (Å²) >= 11 is 0. The number of aromatic hydroxyl groups is 1. The smallest absolute Gasteiger partial charge is 0.340 e. The Labute approximate surface area is 505 Å². The van der Waals surface area contributed by atoms with Crippen molar-refractivity contribution in [2.24, 2.45) is 52.3 Å². The first-order chi connectivity index (χ1) is 41.6. The van der Waals surface area contributed by atoms with Crippen molar-refractivity contribution in [2.75, 3.05) is 33.2 Å². The number of cyclic esters (lactones) is 1. The second-order valence-electron chi connectivity index (χ2n) is 27.3. The summed E-state index contributed by atoms with van der Waals surface area (Å²) in [5.41, 5.74) is 11.7. The van der Waals surface area contributed by atoms with Gasteiger partial charge in [0, 0.05) is 42.7 Å². The molecule has 6 aliphatic carbocycles. The van der Waals surface area contributed by atoms with E-state index in [0.717, 1.165) is 167 Å². The second-order valence-corrected chi connectivity index (χ2v) is 27.3. The van der Waals surface area contributed by atoms with E-state index in [2.05, 4.69) is 132 Å². The van der Waals surface area contributed by atoms with E-state index in [0.29, 0.717) is 48.6 Å². The van der Waals surface area contributed by atoms with Crippen molar-refractivity contribution in [3.63, 3.8) is 0 Å². The van der Waals surface area contributed by atoms with Crippen molar-refractivity contribution in [3.8, 4) is 16.9 Å². The van der Waals surface area contributed by atoms with Gasteiger partial charge in [-0.15, -0.1) is 0 Å². The van der Waals surface area contributed by atoms with Crippen LogP contribution in [-0.4, -0.2) is 67.6 Å². The van der Waals surface area contributed by atoms with Gasteiger partial charge in [0.15, 0.2) is 0 Å². The molecular formula is C74H93N5O6. The molecule has 4 aromatic rings. The molecule has 0 aromatic heterocycles. The maximum Gasteiger partial charge on any atom is 0.340 e. The third-order valence-corrected chi connectivity index (χ3v) is 22.4. The van der Waals surface area contributed by atoms with Crippen LogP contribution in [-0.2, 0) is 45.0 Å². The number of hydrogen-bond donors (Lipinski definition) is 7. The molecule has 5 aliphatic heterocycles. The zero-order chi connectivity index (χ0) is 58.2. The minimum absolute atomic E-state index is 0.0419. The molecule has 0 unspecified atom stereocenters. The van der Waals surface area contributed by atoms with Crippen LogP contribution in [0.4, 0.5) is 0 Å². The molecule has 4 aromatic carbocycles. The lowest BCUT2D eigenvalue weighted by molar-refractivity contribution is -0.135. The van der Waals surface area contributed by atoms with Gasteiger partial charge in [-0.3, -0.25) is 0 Å². The van der Waals surface area contributed by atoms with E-state index < -0.39 is 11.5 Å². The number of piperidine rings is 1. The van der Waals surface area contributed by atoms with E-state index in [9.17, 15) is 10.2 Å². The van der Waals surface area contributed by atoms with Gasteiger partial charge in [0.1, 0.15) is 17.3 Å². The number of hydrogen-bond acceptors (Lipinski definition) is 11. The van der Waals surface area contributed by atoms with Crippen molar-refractivity contribution in [2.45, 2.75) is 167 Å². The topological polar surface area (TPSA) is 153 Å². The Kier molecular flexibility index (Phi) is 17.3. The molecule has 7 N–H and O–H groups in total. The summed E-state index contributed by atoms with van der Waals surface area (Å²) in [5.74, 6) is 1.86. The quantitative estimate of drug-likeness (QED) is 0.0477. The van der Waals surface area contributed by atoms with Crippen molar-refractivity contribution in [1.29, 1.82) is 0 Å². The van der Waals surface area contributed by atoms with Gasteiger partial charge in [0.25, 0.3) is 0 Å². The molecule has 0 radical (unpaired) electrons. The number of phenols is 1. The van der Waals surface area contributed by atoms with E-state index in [4.69, 9.17) is 9.47 Å². The lowest BCUT2D eigenvalue weighted by atomic mass is 9.44. The normalized spacial score (nSPS) is 31.2. The lowest BCUT2D eigenvalue weighted by Crippen LogP contribution is -2.52. The van der Waals surface area contributed by atoms with Crippen LogP contribution in [0.25, 0.3) is 16.7 Å². The van der Waals surface area contributed by atoms with Gasteiger partial charge in [-0.05, 0) is 251 Å². The highest BCUT2D eigenvalue weighted by Gasteiger charge is 2.69. The van der Waals surface area contributed by atoms with Crippen LogP contribution in [0.15, 0.2) is 131 Å². The molecule has 3 saturated carbocycles. The largest absolute Gasteiger partial charge is 0.508 e. The predicted octanol–water partition coefficient (Wildman–Crippen LogP) is 12.8. The highest BCUT2D eigenvalue weighted by atomic mass is 16.6. The van der Waals surface area contributed by atoms with E-state index in [-0.39, 0.29) is 59.0 Å². The predicted molar refractivity (Wildman–Crippen MR) is 336 cm³/mol. The van der Waals surface area contributed by atoms with Gasteiger partial charge in [-0.2, -0.15) is 0 Å². The van der Waals surface area contributed by atoms with Gasteiger partial charge in [-0.1, -0.05) is 106 Å². The fourth-order valence-electron chi connectivity index (χ4n) is 18.3. The molecular weight excluding hydrogens is 1050 g/mol. The molecule has 14 bridgehead atoms. The number of benzene rings is 4. The Hall–Kier alpha value is -5.66. The Morgan fingerprint density at radius 1 is 0.812 bits per heavy atom. The molecule has 85 heavy (non-hydrogen) atoms. The number of ether oxygens (including phenoxy) is 2. The minimum Gasteiger partial charge on any atom is -0.508 e. The Bertz CT molecular complexity index is 3250. The molecule has 2 saturated heterocycles. The van der Waals surface area contributed by atoms with E-state index >= 15 is 9.59 Å². The zero-order valence-electron chi connectivity index (χ0n) is 50.8. The van der Waals surface area contributed by atoms with Crippen LogP contribution in [0.3, 0.4) is 0 Å². The number of phenolic OH excluding ortho intramolecular Hbond substituents is 1. The van der Waals surface area contributed by atoms with Crippen molar-refractivity contribution in [1.82, 2.24) is 26.6 Å². The molecule has 5 heterocycles. The van der Waals surface area contributed by atoms with Crippen LogP contribution in [0.1, 0.15) is 162 Å². The maximum absolute atomic E-state index is 15.4. The number of rotatable bonds is 14. The van der Waals surface area contributed by atoms with Crippen LogP contribution in [0.5, 0.6) is 5.75 Å². The fraction of sp³-hybridized carbons (Fsp3) is 0.541. The van der Waals surface area contributed by atoms with Crippen LogP contribution >= 0.6 is 0 Å². The molecule has 5 fully saturated rings. The monoisotopic (exact) mass is 1150 g/mol. The maximum atomic E-state index is 15.4. The van der Waals surface area contributed by atoms with Crippen molar-refractivity contribution in [3.05, 3.63) is 165 Å². The van der Waals surface area contributed by atoms with Gasteiger partial charge in [-0.25, -0.2) is 9.59 Å². The summed E-state index contributed by atoms with van der Waals surface area (Å²) in [7, 11) is 2.07. The summed E-state index contributed by atoms with van der Waals surface area (Å²) in [5, 5.41) is 42.6. The molecule has 11 heteroatoms. The molecule has 0 amide bonds. The first-order valence-electron chi connectivity index (χ1n) is 33.2. The second kappa shape index (κ2) is 25.2. The van der Waals surface area contributed by atoms with Crippen molar-refractivity contribution >= 4 is 17.5 Å². The molecule has 11 atom stereocenters. The highest BCUT2D eigenvalue weighted by Crippen LogP contribution is 2.72. The minimum atomic E-state index is -0.890. The average Bonchev–Trinajstić information content (AvgIpc) is 1.64. The van der Waals surface area contributed by atoms with Crippen LogP contribution < -0.4 is 26.6 Å². The number of carbonyl (C=O) groups is 2. The number of fused-ring (bicyclic) bond motifs is 5. The first-order valence-corrected chi connectivity index (χ1v) is 33.2. The number of allylic oxidation sites excluding steroid dienone is 5. The van der Waals surface area contributed by atoms with Gasteiger partial charge >= 0.3 is 11.9 Å². The highest BCUT2D eigenvalue weighted by molar-refractivity contribution is 6.07. The Morgan fingerprint density at radius 3 is 2.52 bits per heavy atom. The van der Waals surface area contributed by atoms with Gasteiger partial charge < -0.3 is 46.3 Å². The zero-order valence-corrected chi connectivity index (χ0v) is 50.8. The molecule has 11 nitrogen and oxygen atoms in total. The van der Waals surface area contributed by atoms with Crippen LogP contribution in [0.2, 0.25) is 0 Å². The van der Waals surface area contributed by atoms with Crippen LogP contribution in [0, 0.1) is 52.3 Å². The summed E-state index contributed by atoms with van der Waals surface area (Å²) in [6.07, 6.45) is 23.0. The third-order valence-electron chi connectivity index (χ3n) is 22.4. The number of aliphatic hydroxyl groups is 1. The molecule has 15 rings (SSSR count). The molecule has 11 aliphatic rings. The number of nitrogens with one attached hydrogen (secondary N) is 5. The summed E-state index contributed by atoms with van der Waals surface area (Å²) in [6.45, 7) is 9.21. The first kappa shape index (κ1) is 58.4. The lowest BCUT2D eigenvalue weighted by Gasteiger charge is -2.56. The Balaban J connectivity index is 0.958. The molecule has 450 valence electrons. The summed E-state index contributed by atoms with van der Waals surface area (Å²) in [6, 6.07) is 32.4. The number of carbonyl (C=O) groups excluding carboxylic acids is 2. The third kappa shape index (κ3) is 11.4. The standard InChI is InChI=1S/C74H93N5O6/c1-4-31-76-44-50-35-48-26-32-77-43-49-15-12-18-52(37-49)57-20-19-56(80)41-61(57)66-58-24-30-74(64(85-72(83)69(66)74)39-46(5-2)34-47-13-8-6-9-14-47)68-59(58)21-22-60-63(84-71(82)67(60)68)25-29-73(55-27-33-78-65(40-55)75-3)28-23-53(42-73)70(54(36-48)38-50)79-45-62(81)51-16-10-7-11-17-51/h6,8-9,12-15,18-20,25,35-39,41,46,51,53,55,58-59,62,65,68,70,75-81H,4-5,7,10-11,16-17,21-24,26-34,40,42-45H2,1-3H3/b63-25-,64-39-/t46-,53+,55-,58-,59+,62+,65+,68-,70+,73+,74-/m1/s1. The summed E-state index contributed by atoms with van der Waals surface area (Å²) in [4.78, 5) is 30.7.